The van der Waals surface area contributed by atoms with Crippen LogP contribution in [0.3, 0.4) is 0 Å². The Morgan fingerprint density at radius 2 is 1.21 bits per heavy atom. The van der Waals surface area contributed by atoms with E-state index in [1.54, 1.807) is 46.5 Å². The summed E-state index contributed by atoms with van der Waals surface area (Å²) in [5, 5.41) is 6.17. The Morgan fingerprint density at radius 3 is 1.70 bits per heavy atom. The zero-order valence-electron chi connectivity index (χ0n) is 32.9. The van der Waals surface area contributed by atoms with Gasteiger partial charge in [-0.15, -0.1) is 0 Å². The Labute approximate surface area is 328 Å². The van der Waals surface area contributed by atoms with E-state index in [1.165, 1.54) is 14.2 Å². The fraction of sp³-hybridized carbons (Fsp3) is 0.439. The molecule has 300 valence electrons. The van der Waals surface area contributed by atoms with Crippen molar-refractivity contribution < 1.29 is 33.1 Å². The van der Waals surface area contributed by atoms with E-state index in [0.29, 0.717) is 64.5 Å². The van der Waals surface area contributed by atoms with Crippen LogP contribution in [-0.2, 0) is 19.1 Å². The van der Waals surface area contributed by atoms with Gasteiger partial charge in [-0.05, 0) is 67.9 Å². The molecule has 5 heterocycles. The van der Waals surface area contributed by atoms with E-state index in [-0.39, 0.29) is 41.2 Å². The van der Waals surface area contributed by atoms with Crippen molar-refractivity contribution in [2.45, 2.75) is 77.5 Å². The van der Waals surface area contributed by atoms with Crippen LogP contribution in [-0.4, -0.2) is 93.1 Å². The zero-order chi connectivity index (χ0) is 40.5. The Balaban J connectivity index is 1.10. The minimum absolute atomic E-state index is 0.146. The topological polar surface area (TPSA) is 205 Å². The van der Waals surface area contributed by atoms with Crippen molar-refractivity contribution >= 4 is 45.9 Å². The monoisotopic (exact) mass is 780 g/mol. The van der Waals surface area contributed by atoms with Gasteiger partial charge in [0, 0.05) is 24.2 Å². The molecule has 2 fully saturated rings. The van der Waals surface area contributed by atoms with Gasteiger partial charge in [0.2, 0.25) is 17.2 Å². The molecule has 0 radical (unpaired) electrons. The number of nitrogens with zero attached hydrogens (tertiary/aromatic N) is 4. The highest BCUT2D eigenvalue weighted by molar-refractivity contribution is 5.93. The summed E-state index contributed by atoms with van der Waals surface area (Å²) in [5.74, 6) is 0.580. The number of benzene rings is 2. The molecule has 7 rings (SSSR count). The number of H-pyrrole nitrogens is 2. The van der Waals surface area contributed by atoms with Crippen LogP contribution in [0.4, 0.5) is 9.59 Å². The van der Waals surface area contributed by atoms with E-state index in [1.807, 2.05) is 39.8 Å². The molecule has 2 aromatic carbocycles. The van der Waals surface area contributed by atoms with E-state index in [4.69, 9.17) is 13.9 Å². The van der Waals surface area contributed by atoms with Crippen LogP contribution in [0, 0.1) is 11.8 Å². The number of likely N-dealkylation sites (tertiary alicyclic amines) is 2. The average molecular weight is 781 g/mol. The summed E-state index contributed by atoms with van der Waals surface area (Å²) in [4.78, 5) is 84.5. The second-order valence-corrected chi connectivity index (χ2v) is 15.3. The van der Waals surface area contributed by atoms with Gasteiger partial charge in [-0.3, -0.25) is 14.4 Å². The maximum atomic E-state index is 13.9. The molecule has 0 aliphatic carbocycles. The second kappa shape index (κ2) is 16.1. The van der Waals surface area contributed by atoms with E-state index in [9.17, 15) is 24.0 Å². The highest BCUT2D eigenvalue weighted by Crippen LogP contribution is 2.35. The van der Waals surface area contributed by atoms with Crippen LogP contribution >= 0.6 is 0 Å². The minimum Gasteiger partial charge on any atom is -0.456 e. The van der Waals surface area contributed by atoms with Crippen LogP contribution in [0.25, 0.3) is 44.5 Å². The van der Waals surface area contributed by atoms with Gasteiger partial charge in [-0.25, -0.2) is 19.6 Å². The van der Waals surface area contributed by atoms with Crippen molar-refractivity contribution in [3.63, 3.8) is 0 Å². The van der Waals surface area contributed by atoms with Crippen molar-refractivity contribution in [1.29, 1.82) is 0 Å². The van der Waals surface area contributed by atoms with Crippen LogP contribution < -0.4 is 16.1 Å². The molecule has 5 aromatic rings. The third-order valence-electron chi connectivity index (χ3n) is 11.0. The van der Waals surface area contributed by atoms with Gasteiger partial charge in [0.25, 0.3) is 0 Å². The molecule has 2 saturated heterocycles. The highest BCUT2D eigenvalue weighted by atomic mass is 16.5. The second-order valence-electron chi connectivity index (χ2n) is 15.3. The smallest absolute Gasteiger partial charge is 0.407 e. The maximum Gasteiger partial charge on any atom is 0.407 e. The number of alkyl carbamates (subject to hydrolysis) is 2. The largest absolute Gasteiger partial charge is 0.456 e. The molecule has 57 heavy (non-hydrogen) atoms. The SMILES string of the molecule is COC(=O)N[C@H](C(=O)N1CCCC1c1ncc(-c2ccc3c(=O)c4cc(-c5cnc(C6CCCN6C(=O)[C@@H](NC(=O)OC)C(C)C)[nH]5)ccc4oc3c2)[nH]1)C(C)C. The Hall–Kier alpha value is -6.19. The summed E-state index contributed by atoms with van der Waals surface area (Å²) in [6.45, 7) is 8.57. The number of rotatable bonds is 10. The molecule has 3 aromatic heterocycles. The summed E-state index contributed by atoms with van der Waals surface area (Å²) in [7, 11) is 2.54. The normalized spacial score (nSPS) is 18.0. The number of fused-ring (bicyclic) bond motifs is 2. The molecule has 4 atom stereocenters. The molecule has 0 bridgehead atoms. The fourth-order valence-corrected chi connectivity index (χ4v) is 7.88. The van der Waals surface area contributed by atoms with Crippen molar-refractivity contribution in [2.24, 2.45) is 11.8 Å². The number of imidazole rings is 2. The van der Waals surface area contributed by atoms with Gasteiger partial charge >= 0.3 is 12.2 Å². The van der Waals surface area contributed by atoms with Gasteiger partial charge in [-0.2, -0.15) is 0 Å². The number of carbonyl (C=O) groups is 4. The molecular weight excluding hydrogens is 732 g/mol. The number of methoxy groups -OCH3 is 2. The van der Waals surface area contributed by atoms with Crippen LogP contribution in [0.5, 0.6) is 0 Å². The molecule has 4 amide bonds. The van der Waals surface area contributed by atoms with Gasteiger partial charge < -0.3 is 44.3 Å². The first kappa shape index (κ1) is 39.1. The van der Waals surface area contributed by atoms with Gasteiger partial charge in [0.1, 0.15) is 34.9 Å². The van der Waals surface area contributed by atoms with E-state index in [0.717, 1.165) is 30.4 Å². The first-order chi connectivity index (χ1) is 27.4. The number of aromatic nitrogens is 4. The predicted octanol–water partition coefficient (Wildman–Crippen LogP) is 5.81. The lowest BCUT2D eigenvalue weighted by atomic mass is 10.0. The first-order valence-corrected chi connectivity index (χ1v) is 19.3. The number of hydrogen-bond acceptors (Lipinski definition) is 10. The number of nitrogens with one attached hydrogen (secondary N) is 4. The fourth-order valence-electron chi connectivity index (χ4n) is 7.88. The molecular formula is C41H48N8O8. The molecule has 16 nitrogen and oxygen atoms in total. The van der Waals surface area contributed by atoms with Crippen molar-refractivity contribution in [3.05, 3.63) is 70.7 Å². The standard InChI is InChI=1S/C41H48N8O8/c1-21(2)33(46-40(53)55-5)38(51)48-15-7-9-29(48)36-42-19-27(44-36)23-12-14-31-26(17-23)35(50)25-13-11-24(18-32(25)57-31)28-20-43-37(45-28)30-10-8-16-49(30)39(52)34(22(3)4)47-41(54)56-6/h11-14,17-22,29-30,33-34H,7-10,15-16H2,1-6H3,(H,42,44)(H,43,45)(H,46,53)(H,47,54)/t29?,30?,33-,34-/m0/s1. The summed E-state index contributed by atoms with van der Waals surface area (Å²) in [5.41, 5.74) is 3.53. The maximum absolute atomic E-state index is 13.9. The molecule has 2 aliphatic heterocycles. The van der Waals surface area contributed by atoms with Gasteiger partial charge in [0.15, 0.2) is 0 Å². The van der Waals surface area contributed by atoms with Crippen molar-refractivity contribution in [3.8, 4) is 22.5 Å². The third kappa shape index (κ3) is 7.67. The Morgan fingerprint density at radius 1 is 0.719 bits per heavy atom. The molecule has 0 saturated carbocycles. The average Bonchev–Trinajstić information content (AvgIpc) is 4.05. The summed E-state index contributed by atoms with van der Waals surface area (Å²) < 4.78 is 15.8. The predicted molar refractivity (Wildman–Crippen MR) is 211 cm³/mol. The van der Waals surface area contributed by atoms with E-state index < -0.39 is 24.3 Å². The first-order valence-electron chi connectivity index (χ1n) is 19.3. The van der Waals surface area contributed by atoms with Crippen molar-refractivity contribution in [2.75, 3.05) is 27.3 Å². The number of amides is 4. The molecule has 4 N–H and O–H groups in total. The lowest BCUT2D eigenvalue weighted by Crippen LogP contribution is -2.51. The molecule has 2 unspecified atom stereocenters. The number of carbonyl (C=O) groups excluding carboxylic acids is 4. The van der Waals surface area contributed by atoms with Crippen LogP contribution in [0.15, 0.2) is 58.0 Å². The van der Waals surface area contributed by atoms with E-state index in [2.05, 4.69) is 30.6 Å². The van der Waals surface area contributed by atoms with Crippen LogP contribution in [0.1, 0.15) is 77.1 Å². The number of hydrogen-bond donors (Lipinski definition) is 4. The van der Waals surface area contributed by atoms with Crippen LogP contribution in [0.2, 0.25) is 0 Å². The van der Waals surface area contributed by atoms with Crippen molar-refractivity contribution in [1.82, 2.24) is 40.4 Å². The summed E-state index contributed by atoms with van der Waals surface area (Å²) in [6, 6.07) is 8.69. The summed E-state index contributed by atoms with van der Waals surface area (Å²) in [6.07, 6.45) is 5.10. The zero-order valence-corrected chi connectivity index (χ0v) is 32.9. The number of ether oxygens (including phenoxy) is 2. The molecule has 2 aliphatic rings. The highest BCUT2D eigenvalue weighted by Gasteiger charge is 2.39. The van der Waals surface area contributed by atoms with Gasteiger partial charge in [0.05, 0.1) is 60.9 Å². The minimum atomic E-state index is -0.739. The van der Waals surface area contributed by atoms with Gasteiger partial charge in [-0.1, -0.05) is 33.8 Å². The summed E-state index contributed by atoms with van der Waals surface area (Å²) >= 11 is 0. The number of aromatic amines is 2. The van der Waals surface area contributed by atoms with E-state index >= 15 is 0 Å². The lowest BCUT2D eigenvalue weighted by Gasteiger charge is -2.30. The lowest BCUT2D eigenvalue weighted by molar-refractivity contribution is -0.136. The molecule has 0 spiro atoms. The third-order valence-corrected chi connectivity index (χ3v) is 11.0. The Bertz CT molecular complexity index is 2380. The molecule has 16 heteroatoms. The Kier molecular flexibility index (Phi) is 11.0. The quantitative estimate of drug-likeness (QED) is 0.125.